The molecule has 0 spiro atoms. The predicted octanol–water partition coefficient (Wildman–Crippen LogP) is 2.64. The molecule has 1 aromatic carbocycles. The van der Waals surface area contributed by atoms with E-state index in [0.29, 0.717) is 6.54 Å². The summed E-state index contributed by atoms with van der Waals surface area (Å²) in [6, 6.07) is 4.50. The molecule has 2 N–H and O–H groups in total. The summed E-state index contributed by atoms with van der Waals surface area (Å²) in [5.74, 6) is -0.266. The van der Waals surface area contributed by atoms with Crippen molar-refractivity contribution >= 4 is 15.9 Å². The van der Waals surface area contributed by atoms with Crippen molar-refractivity contribution in [3.63, 3.8) is 0 Å². The van der Waals surface area contributed by atoms with Gasteiger partial charge in [-0.25, -0.2) is 9.07 Å². The molecule has 0 fully saturated rings. The fraction of sp³-hybridized carbons (Fsp3) is 0.333. The zero-order valence-corrected chi connectivity index (χ0v) is 11.6. The minimum Gasteiger partial charge on any atom is -0.323 e. The van der Waals surface area contributed by atoms with E-state index in [-0.39, 0.29) is 11.9 Å². The van der Waals surface area contributed by atoms with Gasteiger partial charge in [-0.05, 0) is 24.1 Å². The van der Waals surface area contributed by atoms with Gasteiger partial charge in [-0.15, -0.1) is 5.10 Å². The number of hydrogen-bond donors (Lipinski definition) is 1. The molecular weight excluding hydrogens is 299 g/mol. The van der Waals surface area contributed by atoms with Gasteiger partial charge in [0.15, 0.2) is 0 Å². The van der Waals surface area contributed by atoms with E-state index in [1.807, 2.05) is 13.1 Å². The van der Waals surface area contributed by atoms with Crippen molar-refractivity contribution in [1.29, 1.82) is 0 Å². The lowest BCUT2D eigenvalue weighted by Gasteiger charge is -2.04. The van der Waals surface area contributed by atoms with E-state index in [4.69, 9.17) is 5.73 Å². The number of hydrogen-bond acceptors (Lipinski definition) is 3. The lowest BCUT2D eigenvalue weighted by Crippen LogP contribution is -2.08. The summed E-state index contributed by atoms with van der Waals surface area (Å²) in [7, 11) is 0. The van der Waals surface area contributed by atoms with Gasteiger partial charge in [-0.1, -0.05) is 34.1 Å². The number of nitrogens with zero attached hydrogens (tertiary/aromatic N) is 3. The standard InChI is InChI=1S/C12H14BrFN4/c1-2-11(15)12-7-18(17-16-12)6-8-3-4-9(14)5-10(8)13/h3-5,7,11H,2,6,15H2,1H3. The SMILES string of the molecule is CCC(N)c1cn(Cc2ccc(F)cc2Br)nn1. The molecule has 0 aliphatic heterocycles. The second-order valence-corrected chi connectivity index (χ2v) is 4.95. The van der Waals surface area contributed by atoms with Crippen molar-refractivity contribution in [1.82, 2.24) is 15.0 Å². The molecule has 6 heteroatoms. The van der Waals surface area contributed by atoms with Crippen molar-refractivity contribution in [2.45, 2.75) is 25.9 Å². The molecule has 1 atom stereocenters. The monoisotopic (exact) mass is 312 g/mol. The lowest BCUT2D eigenvalue weighted by atomic mass is 10.2. The van der Waals surface area contributed by atoms with Crippen LogP contribution < -0.4 is 5.73 Å². The Hall–Kier alpha value is -1.27. The first kappa shape index (κ1) is 13.2. The Morgan fingerprint density at radius 1 is 1.50 bits per heavy atom. The van der Waals surface area contributed by atoms with Crippen LogP contribution in [-0.4, -0.2) is 15.0 Å². The van der Waals surface area contributed by atoms with Crippen LogP contribution in [0, 0.1) is 5.82 Å². The maximum Gasteiger partial charge on any atom is 0.124 e. The average molecular weight is 313 g/mol. The van der Waals surface area contributed by atoms with Gasteiger partial charge in [0.05, 0.1) is 24.5 Å². The van der Waals surface area contributed by atoms with Crippen LogP contribution in [0.5, 0.6) is 0 Å². The molecule has 0 radical (unpaired) electrons. The van der Waals surface area contributed by atoms with E-state index in [1.54, 1.807) is 10.7 Å². The van der Waals surface area contributed by atoms with Gasteiger partial charge in [0.25, 0.3) is 0 Å². The van der Waals surface area contributed by atoms with Gasteiger partial charge in [0.2, 0.25) is 0 Å². The minimum atomic E-state index is -0.266. The Bertz CT molecular complexity index is 541. The Balaban J connectivity index is 2.16. The lowest BCUT2D eigenvalue weighted by molar-refractivity contribution is 0.619. The minimum absolute atomic E-state index is 0.0876. The van der Waals surface area contributed by atoms with Crippen molar-refractivity contribution in [2.24, 2.45) is 5.73 Å². The molecule has 1 heterocycles. The Kier molecular flexibility index (Phi) is 4.08. The fourth-order valence-corrected chi connectivity index (χ4v) is 2.07. The van der Waals surface area contributed by atoms with Gasteiger partial charge in [0.1, 0.15) is 5.82 Å². The Morgan fingerprint density at radius 2 is 2.28 bits per heavy atom. The molecule has 4 nitrogen and oxygen atoms in total. The number of halogens is 2. The molecule has 1 aromatic heterocycles. The zero-order chi connectivity index (χ0) is 13.1. The molecule has 1 unspecified atom stereocenters. The van der Waals surface area contributed by atoms with Crippen LogP contribution in [0.15, 0.2) is 28.9 Å². The quantitative estimate of drug-likeness (QED) is 0.944. The van der Waals surface area contributed by atoms with Crippen LogP contribution in [0.3, 0.4) is 0 Å². The van der Waals surface area contributed by atoms with Crippen LogP contribution in [0.2, 0.25) is 0 Å². The van der Waals surface area contributed by atoms with E-state index < -0.39 is 0 Å². The first-order chi connectivity index (χ1) is 8.60. The highest BCUT2D eigenvalue weighted by Crippen LogP contribution is 2.19. The topological polar surface area (TPSA) is 56.7 Å². The van der Waals surface area contributed by atoms with Crippen molar-refractivity contribution in [2.75, 3.05) is 0 Å². The largest absolute Gasteiger partial charge is 0.323 e. The molecule has 0 saturated heterocycles. The van der Waals surface area contributed by atoms with Gasteiger partial charge in [0, 0.05) is 4.47 Å². The molecule has 0 amide bonds. The van der Waals surface area contributed by atoms with E-state index in [9.17, 15) is 4.39 Å². The molecule has 0 aliphatic rings. The van der Waals surface area contributed by atoms with E-state index >= 15 is 0 Å². The molecule has 2 aromatic rings. The Morgan fingerprint density at radius 3 is 2.94 bits per heavy atom. The number of aromatic nitrogens is 3. The second-order valence-electron chi connectivity index (χ2n) is 4.09. The van der Waals surface area contributed by atoms with E-state index in [2.05, 4.69) is 26.2 Å². The van der Waals surface area contributed by atoms with Gasteiger partial charge >= 0.3 is 0 Å². The fourth-order valence-electron chi connectivity index (χ4n) is 1.59. The number of nitrogens with two attached hydrogens (primary N) is 1. The summed E-state index contributed by atoms with van der Waals surface area (Å²) in [6.07, 6.45) is 2.64. The smallest absolute Gasteiger partial charge is 0.124 e. The average Bonchev–Trinajstić information content (AvgIpc) is 2.80. The molecule has 2 rings (SSSR count). The van der Waals surface area contributed by atoms with Crippen LogP contribution >= 0.6 is 15.9 Å². The molecule has 0 bridgehead atoms. The normalized spacial score (nSPS) is 12.7. The molecule has 0 aliphatic carbocycles. The highest BCUT2D eigenvalue weighted by atomic mass is 79.9. The maximum absolute atomic E-state index is 13.0. The number of benzene rings is 1. The van der Waals surface area contributed by atoms with Crippen LogP contribution in [0.4, 0.5) is 4.39 Å². The van der Waals surface area contributed by atoms with Gasteiger partial charge in [-0.3, -0.25) is 0 Å². The summed E-state index contributed by atoms with van der Waals surface area (Å²) >= 11 is 3.33. The predicted molar refractivity (Wildman–Crippen MR) is 70.4 cm³/mol. The molecule has 18 heavy (non-hydrogen) atoms. The van der Waals surface area contributed by atoms with Gasteiger partial charge in [-0.2, -0.15) is 0 Å². The summed E-state index contributed by atoms with van der Waals surface area (Å²) in [5.41, 5.74) is 7.59. The summed E-state index contributed by atoms with van der Waals surface area (Å²) in [5, 5.41) is 8.05. The third kappa shape index (κ3) is 2.94. The third-order valence-corrected chi connectivity index (χ3v) is 3.46. The summed E-state index contributed by atoms with van der Waals surface area (Å²) in [4.78, 5) is 0. The second kappa shape index (κ2) is 5.58. The molecular formula is C12H14BrFN4. The highest BCUT2D eigenvalue weighted by Gasteiger charge is 2.09. The first-order valence-corrected chi connectivity index (χ1v) is 6.49. The maximum atomic E-state index is 13.0. The summed E-state index contributed by atoms with van der Waals surface area (Å²) in [6.45, 7) is 2.53. The van der Waals surface area contributed by atoms with Crippen molar-refractivity contribution in [3.8, 4) is 0 Å². The van der Waals surface area contributed by atoms with Crippen LogP contribution in [0.1, 0.15) is 30.6 Å². The van der Waals surface area contributed by atoms with Crippen molar-refractivity contribution < 1.29 is 4.39 Å². The third-order valence-electron chi connectivity index (χ3n) is 2.72. The van der Waals surface area contributed by atoms with E-state index in [1.165, 1.54) is 12.1 Å². The van der Waals surface area contributed by atoms with E-state index in [0.717, 1.165) is 22.2 Å². The highest BCUT2D eigenvalue weighted by molar-refractivity contribution is 9.10. The zero-order valence-electron chi connectivity index (χ0n) is 9.98. The number of rotatable bonds is 4. The summed E-state index contributed by atoms with van der Waals surface area (Å²) < 4.78 is 15.4. The van der Waals surface area contributed by atoms with Gasteiger partial charge < -0.3 is 5.73 Å². The first-order valence-electron chi connectivity index (χ1n) is 5.69. The molecule has 0 saturated carbocycles. The Labute approximate surface area is 113 Å². The van der Waals surface area contributed by atoms with Crippen LogP contribution in [-0.2, 0) is 6.54 Å². The molecule has 96 valence electrons. The van der Waals surface area contributed by atoms with Crippen molar-refractivity contribution in [3.05, 3.63) is 45.9 Å². The van der Waals surface area contributed by atoms with Crippen LogP contribution in [0.25, 0.3) is 0 Å².